The zero-order valence-electron chi connectivity index (χ0n) is 19.8. The molecule has 3 atom stereocenters. The summed E-state index contributed by atoms with van der Waals surface area (Å²) >= 11 is 0. The van der Waals surface area contributed by atoms with E-state index in [2.05, 4.69) is 9.72 Å². The summed E-state index contributed by atoms with van der Waals surface area (Å²) in [5.41, 5.74) is 0.322. The number of hydrogen-bond donors (Lipinski definition) is 0. The highest BCUT2D eigenvalue weighted by atomic mass is 19.4. The van der Waals surface area contributed by atoms with Crippen molar-refractivity contribution in [3.05, 3.63) is 89.7 Å². The SMILES string of the molecule is CC(c1cccc(C(F)(F)F)n1)N(C)[C@@H]1C[C@H](c2ccccc2)N(c2ccc(OC(F)(F)F)cc2)C1=O. The monoisotopic (exact) mass is 523 g/mol. The van der Waals surface area contributed by atoms with E-state index in [-0.39, 0.29) is 11.6 Å². The maximum atomic E-state index is 13.7. The van der Waals surface area contributed by atoms with Gasteiger partial charge in [-0.2, -0.15) is 13.2 Å². The molecule has 2 heterocycles. The lowest BCUT2D eigenvalue weighted by Gasteiger charge is -2.29. The number of carbonyl (C=O) groups excluding carboxylic acids is 1. The molecule has 2 aromatic carbocycles. The highest BCUT2D eigenvalue weighted by Crippen LogP contribution is 2.41. The van der Waals surface area contributed by atoms with E-state index in [4.69, 9.17) is 0 Å². The highest BCUT2D eigenvalue weighted by molar-refractivity contribution is 6.00. The number of nitrogens with zero attached hydrogens (tertiary/aromatic N) is 3. The molecule has 1 saturated heterocycles. The van der Waals surface area contributed by atoms with Gasteiger partial charge in [0.2, 0.25) is 5.91 Å². The fourth-order valence-corrected chi connectivity index (χ4v) is 4.47. The number of rotatable bonds is 6. The van der Waals surface area contributed by atoms with Crippen LogP contribution in [0.15, 0.2) is 72.8 Å². The normalized spacial score (nSPS) is 19.4. The highest BCUT2D eigenvalue weighted by Gasteiger charge is 2.44. The fraction of sp³-hybridized carbons (Fsp3) is 0.308. The van der Waals surface area contributed by atoms with Crippen LogP contribution in [0.2, 0.25) is 0 Å². The number of anilines is 1. The Labute approximate surface area is 209 Å². The molecule has 0 spiro atoms. The van der Waals surface area contributed by atoms with E-state index in [1.165, 1.54) is 29.2 Å². The van der Waals surface area contributed by atoms with E-state index in [1.54, 1.807) is 18.9 Å². The topological polar surface area (TPSA) is 45.7 Å². The molecule has 4 rings (SSSR count). The molecule has 196 valence electrons. The Morgan fingerprint density at radius 2 is 1.59 bits per heavy atom. The molecule has 0 radical (unpaired) electrons. The van der Waals surface area contributed by atoms with Gasteiger partial charge in [-0.1, -0.05) is 36.4 Å². The largest absolute Gasteiger partial charge is 0.573 e. The maximum absolute atomic E-state index is 13.7. The van der Waals surface area contributed by atoms with Crippen LogP contribution in [0, 0.1) is 0 Å². The van der Waals surface area contributed by atoms with Crippen LogP contribution >= 0.6 is 0 Å². The molecule has 11 heteroatoms. The molecule has 0 bridgehead atoms. The smallest absolute Gasteiger partial charge is 0.406 e. The number of alkyl halides is 6. The van der Waals surface area contributed by atoms with Gasteiger partial charge in [-0.25, -0.2) is 4.98 Å². The van der Waals surface area contributed by atoms with Gasteiger partial charge in [0.05, 0.1) is 17.8 Å². The van der Waals surface area contributed by atoms with Crippen molar-refractivity contribution >= 4 is 11.6 Å². The minimum absolute atomic E-state index is 0.161. The standard InChI is InChI=1S/C26H23F6N3O2/c1-16(20-9-6-10-23(33-20)25(27,28)29)34(2)22-15-21(17-7-4-3-5-8-17)35(24(22)36)18-11-13-19(14-12-18)37-26(30,31)32/h3-14,16,21-22H,15H2,1-2H3/t16?,21-,22-/m1/s1. The van der Waals surface area contributed by atoms with Gasteiger partial charge >= 0.3 is 12.5 Å². The van der Waals surface area contributed by atoms with E-state index < -0.39 is 42.1 Å². The maximum Gasteiger partial charge on any atom is 0.573 e. The van der Waals surface area contributed by atoms with Gasteiger partial charge < -0.3 is 9.64 Å². The average molecular weight is 523 g/mol. The first-order chi connectivity index (χ1) is 17.3. The van der Waals surface area contributed by atoms with Crippen molar-refractivity contribution in [1.29, 1.82) is 0 Å². The second kappa shape index (κ2) is 10.0. The van der Waals surface area contributed by atoms with E-state index in [0.29, 0.717) is 12.1 Å². The predicted molar refractivity (Wildman–Crippen MR) is 124 cm³/mol. The molecule has 0 N–H and O–H groups in total. The van der Waals surface area contributed by atoms with Gasteiger partial charge in [-0.05, 0) is 62.4 Å². The summed E-state index contributed by atoms with van der Waals surface area (Å²) in [4.78, 5) is 20.6. The molecule has 1 unspecified atom stereocenters. The van der Waals surface area contributed by atoms with Crippen molar-refractivity contribution in [2.45, 2.75) is 44.0 Å². The number of likely N-dealkylation sites (N-methyl/N-ethyl adjacent to an activating group) is 1. The van der Waals surface area contributed by atoms with Crippen LogP contribution in [0.25, 0.3) is 0 Å². The molecular weight excluding hydrogens is 500 g/mol. The number of aromatic nitrogens is 1. The molecule has 0 aliphatic carbocycles. The molecule has 1 amide bonds. The third-order valence-corrected chi connectivity index (χ3v) is 6.41. The second-order valence-corrected chi connectivity index (χ2v) is 8.71. The zero-order valence-corrected chi connectivity index (χ0v) is 19.8. The Balaban J connectivity index is 1.64. The van der Waals surface area contributed by atoms with Crippen LogP contribution in [0.1, 0.15) is 42.4 Å². The Morgan fingerprint density at radius 1 is 0.946 bits per heavy atom. The van der Waals surface area contributed by atoms with Gasteiger partial charge in [0.25, 0.3) is 0 Å². The van der Waals surface area contributed by atoms with E-state index in [1.807, 2.05) is 30.3 Å². The third-order valence-electron chi connectivity index (χ3n) is 6.41. The van der Waals surface area contributed by atoms with Crippen molar-refractivity contribution in [2.75, 3.05) is 11.9 Å². The molecule has 0 saturated carbocycles. The van der Waals surface area contributed by atoms with Crippen LogP contribution in [0.3, 0.4) is 0 Å². The minimum Gasteiger partial charge on any atom is -0.406 e. The number of amides is 1. The van der Waals surface area contributed by atoms with Gasteiger partial charge in [0.1, 0.15) is 11.4 Å². The lowest BCUT2D eigenvalue weighted by Crippen LogP contribution is -2.41. The van der Waals surface area contributed by atoms with Gasteiger partial charge in [-0.3, -0.25) is 9.69 Å². The second-order valence-electron chi connectivity index (χ2n) is 8.71. The number of ether oxygens (including phenoxy) is 1. The van der Waals surface area contributed by atoms with Crippen molar-refractivity contribution < 1.29 is 35.9 Å². The number of benzene rings is 2. The number of pyridine rings is 1. The molecular formula is C26H23F6N3O2. The minimum atomic E-state index is -4.85. The molecule has 1 fully saturated rings. The number of carbonyl (C=O) groups is 1. The van der Waals surface area contributed by atoms with Crippen LogP contribution < -0.4 is 9.64 Å². The van der Waals surface area contributed by atoms with Crippen molar-refractivity contribution in [3.8, 4) is 5.75 Å². The van der Waals surface area contributed by atoms with Crippen LogP contribution in [-0.4, -0.2) is 35.2 Å². The summed E-state index contributed by atoms with van der Waals surface area (Å²) in [7, 11) is 1.64. The Morgan fingerprint density at radius 3 is 2.19 bits per heavy atom. The van der Waals surface area contributed by atoms with Gasteiger partial charge in [0.15, 0.2) is 0 Å². The molecule has 1 aliphatic heterocycles. The summed E-state index contributed by atoms with van der Waals surface area (Å²) in [6.07, 6.45) is -9.14. The Hall–Kier alpha value is -3.60. The van der Waals surface area contributed by atoms with E-state index in [9.17, 15) is 31.1 Å². The number of halogens is 6. The summed E-state index contributed by atoms with van der Waals surface area (Å²) < 4.78 is 81.2. The van der Waals surface area contributed by atoms with Gasteiger partial charge in [-0.15, -0.1) is 13.2 Å². The third kappa shape index (κ3) is 5.87. The summed E-state index contributed by atoms with van der Waals surface area (Å²) in [5, 5.41) is 0. The first-order valence-electron chi connectivity index (χ1n) is 11.3. The summed E-state index contributed by atoms with van der Waals surface area (Å²) in [6.45, 7) is 1.67. The van der Waals surface area contributed by atoms with Crippen LogP contribution in [0.5, 0.6) is 5.75 Å². The van der Waals surface area contributed by atoms with Crippen molar-refractivity contribution in [2.24, 2.45) is 0 Å². The zero-order chi connectivity index (χ0) is 27.0. The lowest BCUT2D eigenvalue weighted by molar-refractivity contribution is -0.274. The van der Waals surface area contributed by atoms with Crippen LogP contribution in [0.4, 0.5) is 32.0 Å². The van der Waals surface area contributed by atoms with E-state index in [0.717, 1.165) is 23.8 Å². The summed E-state index contributed by atoms with van der Waals surface area (Å²) in [6, 6.07) is 16.0. The average Bonchev–Trinajstić information content (AvgIpc) is 3.19. The van der Waals surface area contributed by atoms with Crippen molar-refractivity contribution in [3.63, 3.8) is 0 Å². The lowest BCUT2D eigenvalue weighted by atomic mass is 10.0. The fourth-order valence-electron chi connectivity index (χ4n) is 4.47. The van der Waals surface area contributed by atoms with Crippen LogP contribution in [-0.2, 0) is 11.0 Å². The molecule has 3 aromatic rings. The quantitative estimate of drug-likeness (QED) is 0.345. The Kier molecular flexibility index (Phi) is 7.18. The first-order valence-corrected chi connectivity index (χ1v) is 11.3. The first kappa shape index (κ1) is 26.5. The Bertz CT molecular complexity index is 1230. The molecule has 1 aromatic heterocycles. The molecule has 37 heavy (non-hydrogen) atoms. The van der Waals surface area contributed by atoms with Gasteiger partial charge in [0, 0.05) is 11.7 Å². The molecule has 1 aliphatic rings. The van der Waals surface area contributed by atoms with Crippen molar-refractivity contribution in [1.82, 2.24) is 9.88 Å². The molecule has 5 nitrogen and oxygen atoms in total. The summed E-state index contributed by atoms with van der Waals surface area (Å²) in [5.74, 6) is -0.753. The van der Waals surface area contributed by atoms with E-state index >= 15 is 0 Å². The number of hydrogen-bond acceptors (Lipinski definition) is 4. The predicted octanol–water partition coefficient (Wildman–Crippen LogP) is 6.54.